The van der Waals surface area contributed by atoms with Gasteiger partial charge in [0.05, 0.1) is 0 Å². The van der Waals surface area contributed by atoms with Gasteiger partial charge in [-0.25, -0.2) is 4.79 Å². The fourth-order valence-corrected chi connectivity index (χ4v) is 3.22. The van der Waals surface area contributed by atoms with Crippen molar-refractivity contribution in [2.75, 3.05) is 18.8 Å². The van der Waals surface area contributed by atoms with Crippen LogP contribution in [0.3, 0.4) is 0 Å². The summed E-state index contributed by atoms with van der Waals surface area (Å²) in [5.41, 5.74) is 6.26. The summed E-state index contributed by atoms with van der Waals surface area (Å²) in [6.45, 7) is 8.00. The van der Waals surface area contributed by atoms with Gasteiger partial charge >= 0.3 is 6.09 Å². The van der Waals surface area contributed by atoms with E-state index in [2.05, 4.69) is 5.32 Å². The van der Waals surface area contributed by atoms with E-state index in [-0.39, 0.29) is 12.1 Å². The summed E-state index contributed by atoms with van der Waals surface area (Å²) in [6, 6.07) is 2.13. The second-order valence-electron chi connectivity index (χ2n) is 6.40. The minimum atomic E-state index is -0.441. The summed E-state index contributed by atoms with van der Waals surface area (Å²) in [4.78, 5) is 15.2. The summed E-state index contributed by atoms with van der Waals surface area (Å²) in [5.74, 6) is 0. The van der Waals surface area contributed by atoms with E-state index in [9.17, 15) is 4.79 Å². The predicted octanol–water partition coefficient (Wildman–Crippen LogP) is 2.82. The van der Waals surface area contributed by atoms with Crippen LogP contribution in [-0.4, -0.2) is 35.7 Å². The van der Waals surface area contributed by atoms with Gasteiger partial charge in [-0.2, -0.15) is 0 Å². The Morgan fingerprint density at radius 3 is 2.95 bits per heavy atom. The first-order valence-corrected chi connectivity index (χ1v) is 8.27. The maximum Gasteiger partial charge on any atom is 0.410 e. The summed E-state index contributed by atoms with van der Waals surface area (Å²) < 4.78 is 5.46. The lowest BCUT2D eigenvalue weighted by Crippen LogP contribution is -2.44. The molecule has 6 heteroatoms. The lowest BCUT2D eigenvalue weighted by Gasteiger charge is -2.28. The maximum absolute atomic E-state index is 12.2. The number of nitrogen functional groups attached to an aromatic ring is 1. The number of nitrogens with two attached hydrogens (primary N) is 1. The molecular weight excluding hydrogens is 286 g/mol. The van der Waals surface area contributed by atoms with Crippen molar-refractivity contribution in [3.63, 3.8) is 0 Å². The molecular formula is C15H25N3O2S. The number of anilines is 1. The number of ether oxygens (including phenoxy) is 1. The van der Waals surface area contributed by atoms with E-state index in [1.807, 2.05) is 37.1 Å². The number of hydrogen-bond acceptors (Lipinski definition) is 5. The highest BCUT2D eigenvalue weighted by atomic mass is 32.1. The first-order valence-electron chi connectivity index (χ1n) is 7.39. The summed E-state index contributed by atoms with van der Waals surface area (Å²) in [7, 11) is 0. The second kappa shape index (κ2) is 6.66. The fourth-order valence-electron chi connectivity index (χ4n) is 2.46. The third-order valence-corrected chi connectivity index (χ3v) is 4.39. The first-order chi connectivity index (χ1) is 9.87. The van der Waals surface area contributed by atoms with E-state index in [1.54, 1.807) is 11.3 Å². The topological polar surface area (TPSA) is 67.6 Å². The van der Waals surface area contributed by atoms with Crippen molar-refractivity contribution in [3.8, 4) is 0 Å². The minimum Gasteiger partial charge on any atom is -0.444 e. The molecule has 1 aliphatic heterocycles. The summed E-state index contributed by atoms with van der Waals surface area (Å²) in [5, 5.41) is 5.39. The lowest BCUT2D eigenvalue weighted by molar-refractivity contribution is 0.0226. The van der Waals surface area contributed by atoms with E-state index in [0.717, 1.165) is 43.0 Å². The van der Waals surface area contributed by atoms with Gasteiger partial charge in [0.1, 0.15) is 5.60 Å². The number of nitrogens with one attached hydrogen (secondary N) is 1. The molecule has 1 saturated heterocycles. The zero-order valence-electron chi connectivity index (χ0n) is 13.0. The van der Waals surface area contributed by atoms with Crippen LogP contribution in [0.15, 0.2) is 11.4 Å². The van der Waals surface area contributed by atoms with Crippen molar-refractivity contribution in [3.05, 3.63) is 16.3 Å². The number of rotatable bonds is 4. The lowest BCUT2D eigenvalue weighted by atomic mass is 10.2. The van der Waals surface area contributed by atoms with Gasteiger partial charge in [0.25, 0.3) is 0 Å². The molecule has 1 aliphatic rings. The number of hydrogen-bond donors (Lipinski definition) is 2. The molecule has 0 aliphatic carbocycles. The van der Waals surface area contributed by atoms with Crippen molar-refractivity contribution >= 4 is 23.1 Å². The van der Waals surface area contributed by atoms with Gasteiger partial charge in [0.2, 0.25) is 0 Å². The van der Waals surface area contributed by atoms with E-state index in [4.69, 9.17) is 10.5 Å². The average Bonchev–Trinajstić information content (AvgIpc) is 2.97. The zero-order valence-corrected chi connectivity index (χ0v) is 13.8. The number of carbonyl (C=O) groups excluding carboxylic acids is 1. The number of likely N-dealkylation sites (tertiary alicyclic amines) is 1. The predicted molar refractivity (Wildman–Crippen MR) is 86.4 cm³/mol. The molecule has 1 atom stereocenters. The Labute approximate surface area is 130 Å². The van der Waals surface area contributed by atoms with Crippen LogP contribution in [0, 0.1) is 0 Å². The third kappa shape index (κ3) is 4.61. The van der Waals surface area contributed by atoms with Crippen molar-refractivity contribution in [2.45, 2.75) is 51.8 Å². The quantitative estimate of drug-likeness (QED) is 0.897. The van der Waals surface area contributed by atoms with E-state index < -0.39 is 5.60 Å². The molecule has 0 bridgehead atoms. The van der Waals surface area contributed by atoms with Gasteiger partial charge < -0.3 is 20.7 Å². The highest BCUT2D eigenvalue weighted by Gasteiger charge is 2.31. The molecule has 1 amide bonds. The van der Waals surface area contributed by atoms with Crippen LogP contribution >= 0.6 is 11.3 Å². The van der Waals surface area contributed by atoms with Gasteiger partial charge in [-0.3, -0.25) is 0 Å². The van der Waals surface area contributed by atoms with Gasteiger partial charge in [-0.15, -0.1) is 11.3 Å². The maximum atomic E-state index is 12.2. The fraction of sp³-hybridized carbons (Fsp3) is 0.667. The molecule has 1 aromatic heterocycles. The van der Waals surface area contributed by atoms with Crippen LogP contribution in [-0.2, 0) is 11.3 Å². The van der Waals surface area contributed by atoms with Crippen molar-refractivity contribution in [1.29, 1.82) is 0 Å². The Morgan fingerprint density at radius 1 is 1.57 bits per heavy atom. The molecule has 1 unspecified atom stereocenters. The van der Waals surface area contributed by atoms with Crippen molar-refractivity contribution < 1.29 is 9.53 Å². The third-order valence-electron chi connectivity index (χ3n) is 3.45. The molecule has 0 aromatic carbocycles. The number of nitrogens with zero attached hydrogens (tertiary/aromatic N) is 1. The van der Waals surface area contributed by atoms with Crippen molar-refractivity contribution in [1.82, 2.24) is 10.2 Å². The molecule has 5 nitrogen and oxygen atoms in total. The van der Waals surface area contributed by atoms with Gasteiger partial charge in [0, 0.05) is 36.2 Å². The molecule has 0 spiro atoms. The molecule has 21 heavy (non-hydrogen) atoms. The highest BCUT2D eigenvalue weighted by molar-refractivity contribution is 7.10. The number of amides is 1. The Balaban J connectivity index is 1.82. The summed E-state index contributed by atoms with van der Waals surface area (Å²) >= 11 is 1.65. The van der Waals surface area contributed by atoms with Crippen LogP contribution in [0.5, 0.6) is 0 Å². The van der Waals surface area contributed by atoms with E-state index in [0.29, 0.717) is 0 Å². The highest BCUT2D eigenvalue weighted by Crippen LogP contribution is 2.21. The Bertz CT molecular complexity index is 482. The molecule has 2 heterocycles. The average molecular weight is 311 g/mol. The van der Waals surface area contributed by atoms with Crippen LogP contribution < -0.4 is 11.1 Å². The van der Waals surface area contributed by atoms with Crippen LogP contribution in [0.2, 0.25) is 0 Å². The largest absolute Gasteiger partial charge is 0.444 e. The molecule has 1 aromatic rings. The minimum absolute atomic E-state index is 0.206. The monoisotopic (exact) mass is 311 g/mol. The molecule has 1 fully saturated rings. The molecule has 118 valence electrons. The normalized spacial score (nSPS) is 19.0. The Kier molecular flexibility index (Phi) is 5.11. The van der Waals surface area contributed by atoms with E-state index in [1.165, 1.54) is 0 Å². The Hall–Kier alpha value is -1.27. The van der Waals surface area contributed by atoms with Crippen LogP contribution in [0.4, 0.5) is 10.5 Å². The number of thiophene rings is 1. The molecule has 0 saturated carbocycles. The molecule has 3 N–H and O–H groups in total. The smallest absolute Gasteiger partial charge is 0.410 e. The van der Waals surface area contributed by atoms with Crippen molar-refractivity contribution in [2.24, 2.45) is 0 Å². The van der Waals surface area contributed by atoms with Gasteiger partial charge in [-0.1, -0.05) is 0 Å². The zero-order chi connectivity index (χ0) is 15.5. The standard InChI is InChI=1S/C15H25N3O2S/c1-15(2,3)20-14(19)18-7-4-5-11(18)9-17-10-13-12(16)6-8-21-13/h6,8,11,17H,4-5,7,9-10,16H2,1-3H3. The van der Waals surface area contributed by atoms with Crippen LogP contribution in [0.1, 0.15) is 38.5 Å². The number of carbonyl (C=O) groups is 1. The van der Waals surface area contributed by atoms with E-state index >= 15 is 0 Å². The van der Waals surface area contributed by atoms with Gasteiger partial charge in [0.15, 0.2) is 0 Å². The summed E-state index contributed by atoms with van der Waals surface area (Å²) in [6.07, 6.45) is 1.85. The molecule has 0 radical (unpaired) electrons. The molecule has 2 rings (SSSR count). The van der Waals surface area contributed by atoms with Gasteiger partial charge in [-0.05, 0) is 45.1 Å². The second-order valence-corrected chi connectivity index (χ2v) is 7.40. The van der Waals surface area contributed by atoms with Crippen LogP contribution in [0.25, 0.3) is 0 Å². The Morgan fingerprint density at radius 2 is 2.33 bits per heavy atom. The first kappa shape index (κ1) is 16.1. The SMILES string of the molecule is CC(C)(C)OC(=O)N1CCCC1CNCc1sccc1N.